The molecule has 1 aromatic carbocycles. The van der Waals surface area contributed by atoms with Gasteiger partial charge < -0.3 is 4.74 Å². The van der Waals surface area contributed by atoms with Crippen molar-refractivity contribution in [1.82, 2.24) is 15.2 Å². The molecule has 2 rings (SSSR count). The SMILES string of the molecule is CC(Oc1ccc(Cl)cc1)c1ncn[nH]1. The van der Waals surface area contributed by atoms with Gasteiger partial charge in [-0.15, -0.1) is 0 Å². The summed E-state index contributed by atoms with van der Waals surface area (Å²) in [6.45, 7) is 1.90. The molecule has 0 aliphatic carbocycles. The van der Waals surface area contributed by atoms with E-state index in [0.717, 1.165) is 5.75 Å². The highest BCUT2D eigenvalue weighted by Crippen LogP contribution is 2.20. The lowest BCUT2D eigenvalue weighted by molar-refractivity contribution is 0.217. The molecule has 0 radical (unpaired) electrons. The van der Waals surface area contributed by atoms with Crippen LogP contribution in [-0.4, -0.2) is 15.2 Å². The molecular weight excluding hydrogens is 214 g/mol. The van der Waals surface area contributed by atoms with E-state index in [-0.39, 0.29) is 6.10 Å². The second-order valence-electron chi connectivity index (χ2n) is 3.08. The maximum Gasteiger partial charge on any atom is 0.165 e. The summed E-state index contributed by atoms with van der Waals surface area (Å²) in [6.07, 6.45) is 1.30. The summed E-state index contributed by atoms with van der Waals surface area (Å²) in [4.78, 5) is 4.01. The van der Waals surface area contributed by atoms with Crippen molar-refractivity contribution in [1.29, 1.82) is 0 Å². The highest BCUT2D eigenvalue weighted by Gasteiger charge is 2.09. The number of ether oxygens (including phenoxy) is 1. The van der Waals surface area contributed by atoms with Gasteiger partial charge in [-0.3, -0.25) is 5.10 Å². The van der Waals surface area contributed by atoms with Crippen LogP contribution in [-0.2, 0) is 0 Å². The van der Waals surface area contributed by atoms with Gasteiger partial charge in [0.05, 0.1) is 0 Å². The molecule has 1 N–H and O–H groups in total. The maximum absolute atomic E-state index is 5.76. The van der Waals surface area contributed by atoms with Crippen LogP contribution in [0.15, 0.2) is 30.6 Å². The zero-order valence-corrected chi connectivity index (χ0v) is 8.90. The molecule has 4 nitrogen and oxygen atoms in total. The van der Waals surface area contributed by atoms with E-state index in [1.165, 1.54) is 6.33 Å². The van der Waals surface area contributed by atoms with E-state index in [4.69, 9.17) is 16.3 Å². The monoisotopic (exact) mass is 223 g/mol. The maximum atomic E-state index is 5.76. The molecule has 78 valence electrons. The Morgan fingerprint density at radius 3 is 2.67 bits per heavy atom. The van der Waals surface area contributed by atoms with E-state index in [0.29, 0.717) is 10.8 Å². The second kappa shape index (κ2) is 4.31. The van der Waals surface area contributed by atoms with E-state index in [1.807, 2.05) is 19.1 Å². The van der Waals surface area contributed by atoms with Crippen molar-refractivity contribution in [3.63, 3.8) is 0 Å². The third kappa shape index (κ3) is 2.47. The summed E-state index contributed by atoms with van der Waals surface area (Å²) in [5.41, 5.74) is 0. The minimum absolute atomic E-state index is 0.159. The van der Waals surface area contributed by atoms with Gasteiger partial charge in [0.2, 0.25) is 0 Å². The van der Waals surface area contributed by atoms with Crippen LogP contribution in [0.5, 0.6) is 5.75 Å². The number of rotatable bonds is 3. The molecule has 1 atom stereocenters. The Bertz CT molecular complexity index is 413. The Balaban J connectivity index is 2.06. The number of benzene rings is 1. The lowest BCUT2D eigenvalue weighted by Gasteiger charge is -2.11. The van der Waals surface area contributed by atoms with E-state index in [2.05, 4.69) is 15.2 Å². The number of hydrogen-bond donors (Lipinski definition) is 1. The fraction of sp³-hybridized carbons (Fsp3) is 0.200. The second-order valence-corrected chi connectivity index (χ2v) is 3.52. The normalized spacial score (nSPS) is 12.4. The molecule has 1 unspecified atom stereocenters. The van der Waals surface area contributed by atoms with Crippen molar-refractivity contribution >= 4 is 11.6 Å². The quantitative estimate of drug-likeness (QED) is 0.870. The molecule has 2 aromatic rings. The summed E-state index contributed by atoms with van der Waals surface area (Å²) in [5, 5.41) is 7.21. The lowest BCUT2D eigenvalue weighted by Crippen LogP contribution is -2.04. The number of aromatic amines is 1. The van der Waals surface area contributed by atoms with Gasteiger partial charge in [0, 0.05) is 5.02 Å². The molecule has 5 heteroatoms. The zero-order chi connectivity index (χ0) is 10.7. The first kappa shape index (κ1) is 9.98. The Kier molecular flexibility index (Phi) is 2.87. The number of hydrogen-bond acceptors (Lipinski definition) is 3. The molecular formula is C10H10ClN3O. The standard InChI is InChI=1S/C10H10ClN3O/c1-7(10-12-6-13-14-10)15-9-4-2-8(11)3-5-9/h2-7H,1H3,(H,12,13,14). The van der Waals surface area contributed by atoms with Gasteiger partial charge >= 0.3 is 0 Å². The molecule has 0 saturated carbocycles. The van der Waals surface area contributed by atoms with Crippen molar-refractivity contribution in [3.8, 4) is 5.75 Å². The Hall–Kier alpha value is -1.55. The number of halogens is 1. The van der Waals surface area contributed by atoms with Crippen molar-refractivity contribution < 1.29 is 4.74 Å². The van der Waals surface area contributed by atoms with Gasteiger partial charge in [-0.05, 0) is 31.2 Å². The highest BCUT2D eigenvalue weighted by atomic mass is 35.5. The summed E-state index contributed by atoms with van der Waals surface area (Å²) >= 11 is 5.76. The summed E-state index contributed by atoms with van der Waals surface area (Å²) in [5.74, 6) is 1.45. The summed E-state index contributed by atoms with van der Waals surface area (Å²) in [6, 6.07) is 7.19. The van der Waals surface area contributed by atoms with Crippen LogP contribution in [0.2, 0.25) is 5.02 Å². The Morgan fingerprint density at radius 2 is 2.07 bits per heavy atom. The zero-order valence-electron chi connectivity index (χ0n) is 8.14. The Morgan fingerprint density at radius 1 is 1.33 bits per heavy atom. The molecule has 0 amide bonds. The molecule has 15 heavy (non-hydrogen) atoms. The van der Waals surface area contributed by atoms with Crippen LogP contribution in [0, 0.1) is 0 Å². The van der Waals surface area contributed by atoms with Gasteiger partial charge in [0.25, 0.3) is 0 Å². The summed E-state index contributed by atoms with van der Waals surface area (Å²) < 4.78 is 5.62. The third-order valence-corrected chi connectivity index (χ3v) is 2.20. The molecule has 0 bridgehead atoms. The van der Waals surface area contributed by atoms with E-state index >= 15 is 0 Å². The lowest BCUT2D eigenvalue weighted by atomic mass is 10.3. The molecule has 1 heterocycles. The minimum Gasteiger partial charge on any atom is -0.483 e. The molecule has 0 spiro atoms. The minimum atomic E-state index is -0.159. The molecule has 0 aliphatic heterocycles. The Labute approximate surface area is 92.3 Å². The van der Waals surface area contributed by atoms with Crippen LogP contribution in [0.3, 0.4) is 0 Å². The van der Waals surface area contributed by atoms with Crippen molar-refractivity contribution in [2.24, 2.45) is 0 Å². The predicted molar refractivity (Wildman–Crippen MR) is 56.9 cm³/mol. The molecule has 0 saturated heterocycles. The number of nitrogens with zero attached hydrogens (tertiary/aromatic N) is 2. The van der Waals surface area contributed by atoms with Crippen LogP contribution in [0.25, 0.3) is 0 Å². The number of nitrogens with one attached hydrogen (secondary N) is 1. The number of aromatic nitrogens is 3. The highest BCUT2D eigenvalue weighted by molar-refractivity contribution is 6.30. The smallest absolute Gasteiger partial charge is 0.165 e. The largest absolute Gasteiger partial charge is 0.483 e. The first-order valence-corrected chi connectivity index (χ1v) is 4.91. The van der Waals surface area contributed by atoms with Crippen molar-refractivity contribution in [3.05, 3.63) is 41.4 Å². The van der Waals surface area contributed by atoms with Gasteiger partial charge in [-0.2, -0.15) is 5.10 Å². The van der Waals surface area contributed by atoms with E-state index in [9.17, 15) is 0 Å². The van der Waals surface area contributed by atoms with Crippen molar-refractivity contribution in [2.45, 2.75) is 13.0 Å². The first-order valence-electron chi connectivity index (χ1n) is 4.53. The average Bonchev–Trinajstić information content (AvgIpc) is 2.74. The third-order valence-electron chi connectivity index (χ3n) is 1.95. The average molecular weight is 224 g/mol. The number of H-pyrrole nitrogens is 1. The van der Waals surface area contributed by atoms with E-state index < -0.39 is 0 Å². The molecule has 1 aromatic heterocycles. The van der Waals surface area contributed by atoms with Crippen LogP contribution in [0.4, 0.5) is 0 Å². The van der Waals surface area contributed by atoms with Gasteiger partial charge in [0.15, 0.2) is 11.9 Å². The topological polar surface area (TPSA) is 50.8 Å². The van der Waals surface area contributed by atoms with Crippen LogP contribution >= 0.6 is 11.6 Å². The molecule has 0 aliphatic rings. The fourth-order valence-corrected chi connectivity index (χ4v) is 1.31. The van der Waals surface area contributed by atoms with Gasteiger partial charge in [0.1, 0.15) is 12.1 Å². The van der Waals surface area contributed by atoms with Gasteiger partial charge in [-0.25, -0.2) is 4.98 Å². The first-order chi connectivity index (χ1) is 7.25. The van der Waals surface area contributed by atoms with Crippen LogP contribution in [0.1, 0.15) is 18.9 Å². The van der Waals surface area contributed by atoms with Gasteiger partial charge in [-0.1, -0.05) is 11.6 Å². The van der Waals surface area contributed by atoms with Crippen LogP contribution < -0.4 is 4.74 Å². The fourth-order valence-electron chi connectivity index (χ4n) is 1.18. The van der Waals surface area contributed by atoms with Crippen molar-refractivity contribution in [2.75, 3.05) is 0 Å². The van der Waals surface area contributed by atoms with E-state index in [1.54, 1.807) is 12.1 Å². The predicted octanol–water partition coefficient (Wildman–Crippen LogP) is 2.60. The summed E-state index contributed by atoms with van der Waals surface area (Å²) in [7, 11) is 0. The molecule has 0 fully saturated rings.